The summed E-state index contributed by atoms with van der Waals surface area (Å²) < 4.78 is 0. The second kappa shape index (κ2) is 6.94. The van der Waals surface area contributed by atoms with Gasteiger partial charge in [0.25, 0.3) is 0 Å². The SMILES string of the molecule is Cc1ccc(CNC2CCCCCCC2)cc1C. The van der Waals surface area contributed by atoms with Gasteiger partial charge < -0.3 is 5.32 Å². The van der Waals surface area contributed by atoms with Crippen molar-refractivity contribution in [3.8, 4) is 0 Å². The molecule has 1 saturated carbocycles. The average molecular weight is 245 g/mol. The molecule has 0 atom stereocenters. The molecule has 1 aliphatic rings. The summed E-state index contributed by atoms with van der Waals surface area (Å²) in [6, 6.07) is 7.57. The lowest BCUT2D eigenvalue weighted by molar-refractivity contribution is 0.389. The molecule has 1 fully saturated rings. The summed E-state index contributed by atoms with van der Waals surface area (Å²) in [7, 11) is 0. The Balaban J connectivity index is 1.83. The van der Waals surface area contributed by atoms with Crippen LogP contribution in [0.15, 0.2) is 18.2 Å². The topological polar surface area (TPSA) is 12.0 Å². The quantitative estimate of drug-likeness (QED) is 0.826. The molecule has 18 heavy (non-hydrogen) atoms. The molecular weight excluding hydrogens is 218 g/mol. The monoisotopic (exact) mass is 245 g/mol. The van der Waals surface area contributed by atoms with Crippen LogP contribution in [0.25, 0.3) is 0 Å². The minimum Gasteiger partial charge on any atom is -0.310 e. The summed E-state index contributed by atoms with van der Waals surface area (Å²) in [5, 5.41) is 3.75. The summed E-state index contributed by atoms with van der Waals surface area (Å²) in [6.45, 7) is 5.42. The van der Waals surface area contributed by atoms with Gasteiger partial charge in [0, 0.05) is 12.6 Å². The van der Waals surface area contributed by atoms with E-state index in [-0.39, 0.29) is 0 Å². The van der Waals surface area contributed by atoms with E-state index in [1.54, 1.807) is 0 Å². The lowest BCUT2D eigenvalue weighted by Crippen LogP contribution is -2.29. The normalized spacial score (nSPS) is 18.3. The van der Waals surface area contributed by atoms with Crippen LogP contribution < -0.4 is 5.32 Å². The van der Waals surface area contributed by atoms with Crippen molar-refractivity contribution in [2.24, 2.45) is 0 Å². The molecule has 0 radical (unpaired) electrons. The zero-order chi connectivity index (χ0) is 12.8. The van der Waals surface area contributed by atoms with Gasteiger partial charge in [-0.2, -0.15) is 0 Å². The van der Waals surface area contributed by atoms with Crippen molar-refractivity contribution in [1.82, 2.24) is 5.32 Å². The predicted molar refractivity (Wildman–Crippen MR) is 78.9 cm³/mol. The van der Waals surface area contributed by atoms with Crippen molar-refractivity contribution in [3.05, 3.63) is 34.9 Å². The van der Waals surface area contributed by atoms with E-state index in [2.05, 4.69) is 37.4 Å². The molecule has 0 spiro atoms. The molecule has 100 valence electrons. The van der Waals surface area contributed by atoms with Crippen LogP contribution in [-0.2, 0) is 6.54 Å². The Morgan fingerprint density at radius 3 is 2.28 bits per heavy atom. The third kappa shape index (κ3) is 4.13. The molecule has 2 rings (SSSR count). The molecule has 0 amide bonds. The van der Waals surface area contributed by atoms with Crippen molar-refractivity contribution >= 4 is 0 Å². The van der Waals surface area contributed by atoms with E-state index in [0.717, 1.165) is 12.6 Å². The number of rotatable bonds is 3. The van der Waals surface area contributed by atoms with Gasteiger partial charge in [0.15, 0.2) is 0 Å². The number of aryl methyl sites for hydroxylation is 2. The fraction of sp³-hybridized carbons (Fsp3) is 0.647. The standard InChI is InChI=1S/C17H27N/c1-14-10-11-16(12-15(14)2)13-18-17-8-6-4-3-5-7-9-17/h10-12,17-18H,3-9,13H2,1-2H3. The molecule has 1 aromatic carbocycles. The zero-order valence-corrected chi connectivity index (χ0v) is 12.0. The Morgan fingerprint density at radius 1 is 0.944 bits per heavy atom. The number of nitrogens with one attached hydrogen (secondary N) is 1. The van der Waals surface area contributed by atoms with E-state index >= 15 is 0 Å². The minimum atomic E-state index is 0.743. The highest BCUT2D eigenvalue weighted by atomic mass is 14.9. The summed E-state index contributed by atoms with van der Waals surface area (Å²) in [6.07, 6.45) is 9.86. The van der Waals surface area contributed by atoms with E-state index in [0.29, 0.717) is 0 Å². The highest BCUT2D eigenvalue weighted by molar-refractivity contribution is 5.29. The zero-order valence-electron chi connectivity index (χ0n) is 12.0. The first kappa shape index (κ1) is 13.6. The molecule has 0 bridgehead atoms. The second-order valence-electron chi connectivity index (χ2n) is 5.84. The van der Waals surface area contributed by atoms with Crippen molar-refractivity contribution in [1.29, 1.82) is 0 Å². The molecule has 0 heterocycles. The maximum absolute atomic E-state index is 3.75. The Bertz CT molecular complexity index is 362. The maximum atomic E-state index is 3.75. The molecule has 1 nitrogen and oxygen atoms in total. The first-order chi connectivity index (χ1) is 8.75. The van der Waals surface area contributed by atoms with E-state index in [1.807, 2.05) is 0 Å². The molecule has 1 N–H and O–H groups in total. The average Bonchev–Trinajstić information content (AvgIpc) is 2.32. The lowest BCUT2D eigenvalue weighted by Gasteiger charge is -2.21. The van der Waals surface area contributed by atoms with Crippen LogP contribution in [0, 0.1) is 13.8 Å². The fourth-order valence-electron chi connectivity index (χ4n) is 2.84. The van der Waals surface area contributed by atoms with Crippen LogP contribution >= 0.6 is 0 Å². The van der Waals surface area contributed by atoms with Crippen LogP contribution in [0.3, 0.4) is 0 Å². The highest BCUT2D eigenvalue weighted by Crippen LogP contribution is 2.18. The molecular formula is C17H27N. The van der Waals surface area contributed by atoms with Gasteiger partial charge in [-0.25, -0.2) is 0 Å². The van der Waals surface area contributed by atoms with Gasteiger partial charge in [-0.1, -0.05) is 50.3 Å². The van der Waals surface area contributed by atoms with Crippen molar-refractivity contribution in [2.75, 3.05) is 0 Å². The third-order valence-electron chi connectivity index (χ3n) is 4.27. The van der Waals surface area contributed by atoms with Crippen LogP contribution in [0.1, 0.15) is 61.6 Å². The predicted octanol–water partition coefficient (Wildman–Crippen LogP) is 4.51. The van der Waals surface area contributed by atoms with Crippen LogP contribution in [0.2, 0.25) is 0 Å². The lowest BCUT2D eigenvalue weighted by atomic mass is 9.96. The first-order valence-corrected chi connectivity index (χ1v) is 7.55. The molecule has 0 saturated heterocycles. The van der Waals surface area contributed by atoms with E-state index in [4.69, 9.17) is 0 Å². The maximum Gasteiger partial charge on any atom is 0.0208 e. The third-order valence-corrected chi connectivity index (χ3v) is 4.27. The molecule has 1 aliphatic carbocycles. The Labute approximate surface area is 112 Å². The molecule has 0 unspecified atom stereocenters. The van der Waals surface area contributed by atoms with Gasteiger partial charge in [-0.3, -0.25) is 0 Å². The number of hydrogen-bond acceptors (Lipinski definition) is 1. The Hall–Kier alpha value is -0.820. The van der Waals surface area contributed by atoms with Gasteiger partial charge in [0.05, 0.1) is 0 Å². The summed E-state index contributed by atoms with van der Waals surface area (Å²) in [4.78, 5) is 0. The van der Waals surface area contributed by atoms with Gasteiger partial charge in [-0.05, 0) is 43.4 Å². The second-order valence-corrected chi connectivity index (χ2v) is 5.84. The smallest absolute Gasteiger partial charge is 0.0208 e. The van der Waals surface area contributed by atoms with Crippen molar-refractivity contribution in [2.45, 2.75) is 71.4 Å². The molecule has 0 aromatic heterocycles. The summed E-state index contributed by atoms with van der Waals surface area (Å²) in [5.74, 6) is 0. The fourth-order valence-corrected chi connectivity index (χ4v) is 2.84. The van der Waals surface area contributed by atoms with Crippen LogP contribution in [0.5, 0.6) is 0 Å². The molecule has 1 aromatic rings. The largest absolute Gasteiger partial charge is 0.310 e. The Morgan fingerprint density at radius 2 is 1.61 bits per heavy atom. The van der Waals surface area contributed by atoms with Crippen LogP contribution in [-0.4, -0.2) is 6.04 Å². The van der Waals surface area contributed by atoms with Gasteiger partial charge in [-0.15, -0.1) is 0 Å². The molecule has 0 aliphatic heterocycles. The van der Waals surface area contributed by atoms with Crippen molar-refractivity contribution in [3.63, 3.8) is 0 Å². The van der Waals surface area contributed by atoms with Gasteiger partial charge >= 0.3 is 0 Å². The molecule has 1 heteroatoms. The first-order valence-electron chi connectivity index (χ1n) is 7.55. The van der Waals surface area contributed by atoms with E-state index in [1.165, 1.54) is 61.6 Å². The Kier molecular flexibility index (Phi) is 5.25. The van der Waals surface area contributed by atoms with Gasteiger partial charge in [0.1, 0.15) is 0 Å². The van der Waals surface area contributed by atoms with Crippen LogP contribution in [0.4, 0.5) is 0 Å². The highest BCUT2D eigenvalue weighted by Gasteiger charge is 2.10. The van der Waals surface area contributed by atoms with Gasteiger partial charge in [0.2, 0.25) is 0 Å². The van der Waals surface area contributed by atoms with E-state index in [9.17, 15) is 0 Å². The number of hydrogen-bond donors (Lipinski definition) is 1. The summed E-state index contributed by atoms with van der Waals surface area (Å²) >= 11 is 0. The summed E-state index contributed by atoms with van der Waals surface area (Å²) in [5.41, 5.74) is 4.23. The minimum absolute atomic E-state index is 0.743. The van der Waals surface area contributed by atoms with E-state index < -0.39 is 0 Å². The number of benzene rings is 1. The van der Waals surface area contributed by atoms with Crippen molar-refractivity contribution < 1.29 is 0 Å².